The van der Waals surface area contributed by atoms with E-state index in [2.05, 4.69) is 9.46 Å². The molecule has 0 aliphatic heterocycles. The number of ether oxygens (including phenoxy) is 2. The molecule has 2 rings (SSSR count). The van der Waals surface area contributed by atoms with Gasteiger partial charge in [-0.1, -0.05) is 12.1 Å². The highest BCUT2D eigenvalue weighted by molar-refractivity contribution is 7.89. The lowest BCUT2D eigenvalue weighted by Gasteiger charge is -2.10. The van der Waals surface area contributed by atoms with Gasteiger partial charge in [0.25, 0.3) is 0 Å². The fourth-order valence-corrected chi connectivity index (χ4v) is 3.47. The zero-order valence-electron chi connectivity index (χ0n) is 15.5. The van der Waals surface area contributed by atoms with E-state index in [9.17, 15) is 26.4 Å². The summed E-state index contributed by atoms with van der Waals surface area (Å²) in [5, 5.41) is 0. The van der Waals surface area contributed by atoms with E-state index >= 15 is 0 Å². The van der Waals surface area contributed by atoms with E-state index in [0.717, 1.165) is 29.8 Å². The zero-order chi connectivity index (χ0) is 21.5. The van der Waals surface area contributed by atoms with Gasteiger partial charge in [0.05, 0.1) is 17.6 Å². The Morgan fingerprint density at radius 1 is 1.10 bits per heavy atom. The zero-order valence-corrected chi connectivity index (χ0v) is 16.3. The van der Waals surface area contributed by atoms with Crippen LogP contribution in [0.4, 0.5) is 13.2 Å². The van der Waals surface area contributed by atoms with E-state index in [4.69, 9.17) is 4.74 Å². The monoisotopic (exact) mass is 431 g/mol. The van der Waals surface area contributed by atoms with Crippen molar-refractivity contribution >= 4 is 16.0 Å². The van der Waals surface area contributed by atoms with Crippen LogP contribution in [0.25, 0.3) is 0 Å². The van der Waals surface area contributed by atoms with Crippen molar-refractivity contribution in [2.24, 2.45) is 0 Å². The third-order valence-corrected chi connectivity index (χ3v) is 5.39. The molecule has 0 spiro atoms. The van der Waals surface area contributed by atoms with Crippen molar-refractivity contribution < 1.29 is 35.9 Å². The molecule has 0 heterocycles. The molecule has 0 atom stereocenters. The van der Waals surface area contributed by atoms with Crippen LogP contribution in [0, 0.1) is 0 Å². The summed E-state index contributed by atoms with van der Waals surface area (Å²) in [4.78, 5) is 10.9. The topological polar surface area (TPSA) is 81.7 Å². The summed E-state index contributed by atoms with van der Waals surface area (Å²) in [5.41, 5.74) is -0.0353. The molecule has 0 amide bonds. The first-order chi connectivity index (χ1) is 13.6. The molecule has 0 aliphatic rings. The number of methoxy groups -OCH3 is 1. The molecular formula is C19H20F3NO5S. The standard InChI is InChI=1S/C19H20F3NO5S/c1-27-18(24)13-28-16-6-2-4-14(12-16)5-3-11-23-29(25,26)17-9-7-15(8-10-17)19(20,21)22/h2,4,6-10,12,23H,3,5,11,13H2,1H3. The predicted octanol–water partition coefficient (Wildman–Crippen LogP) is 3.17. The third kappa shape index (κ3) is 7.06. The summed E-state index contributed by atoms with van der Waals surface area (Å²) in [6, 6.07) is 10.3. The SMILES string of the molecule is COC(=O)COc1cccc(CCCNS(=O)(=O)c2ccc(C(F)(F)F)cc2)c1. The maximum Gasteiger partial charge on any atom is 0.416 e. The van der Waals surface area contributed by atoms with Crippen LogP contribution in [-0.2, 0) is 32.2 Å². The number of halogens is 3. The Morgan fingerprint density at radius 2 is 1.79 bits per heavy atom. The minimum atomic E-state index is -4.52. The van der Waals surface area contributed by atoms with Crippen LogP contribution in [0.1, 0.15) is 17.5 Å². The number of hydrogen-bond donors (Lipinski definition) is 1. The van der Waals surface area contributed by atoms with Gasteiger partial charge in [0, 0.05) is 6.54 Å². The lowest BCUT2D eigenvalue weighted by Crippen LogP contribution is -2.25. The number of alkyl halides is 3. The molecule has 0 fully saturated rings. The highest BCUT2D eigenvalue weighted by atomic mass is 32.2. The summed E-state index contributed by atoms with van der Waals surface area (Å²) in [7, 11) is -2.64. The Hall–Kier alpha value is -2.59. The van der Waals surface area contributed by atoms with Crippen molar-refractivity contribution in [1.29, 1.82) is 0 Å². The molecule has 2 aromatic rings. The number of esters is 1. The molecule has 0 unspecified atom stereocenters. The summed E-state index contributed by atoms with van der Waals surface area (Å²) < 4.78 is 74.2. The molecule has 0 aliphatic carbocycles. The second-order valence-corrected chi connectivity index (χ2v) is 7.80. The molecule has 0 saturated carbocycles. The van der Waals surface area contributed by atoms with Gasteiger partial charge < -0.3 is 9.47 Å². The van der Waals surface area contributed by atoms with Gasteiger partial charge in [0.15, 0.2) is 6.61 Å². The summed E-state index contributed by atoms with van der Waals surface area (Å²) in [6.45, 7) is -0.108. The van der Waals surface area contributed by atoms with E-state index in [1.807, 2.05) is 6.07 Å². The molecule has 0 saturated heterocycles. The first-order valence-corrected chi connectivity index (χ1v) is 10.1. The Balaban J connectivity index is 1.86. The average molecular weight is 431 g/mol. The Kier molecular flexibility index (Phi) is 7.63. The van der Waals surface area contributed by atoms with E-state index in [1.165, 1.54) is 7.11 Å². The second kappa shape index (κ2) is 9.75. The van der Waals surface area contributed by atoms with Gasteiger partial charge in [0.2, 0.25) is 10.0 Å². The molecule has 0 bridgehead atoms. The van der Waals surface area contributed by atoms with Gasteiger partial charge in [-0.25, -0.2) is 17.9 Å². The number of sulfonamides is 1. The normalized spacial score (nSPS) is 11.9. The molecule has 0 aromatic heterocycles. The van der Waals surface area contributed by atoms with E-state index < -0.39 is 27.7 Å². The minimum Gasteiger partial charge on any atom is -0.482 e. The van der Waals surface area contributed by atoms with Gasteiger partial charge in [-0.15, -0.1) is 0 Å². The smallest absolute Gasteiger partial charge is 0.416 e. The van der Waals surface area contributed by atoms with Crippen LogP contribution in [-0.4, -0.2) is 34.6 Å². The lowest BCUT2D eigenvalue weighted by molar-refractivity contribution is -0.143. The van der Waals surface area contributed by atoms with Crippen molar-refractivity contribution in [3.63, 3.8) is 0 Å². The number of rotatable bonds is 9. The molecule has 29 heavy (non-hydrogen) atoms. The van der Waals surface area contributed by atoms with Crippen LogP contribution in [0.5, 0.6) is 5.75 Å². The predicted molar refractivity (Wildman–Crippen MR) is 98.9 cm³/mol. The second-order valence-electron chi connectivity index (χ2n) is 6.04. The maximum atomic E-state index is 12.6. The Morgan fingerprint density at radius 3 is 2.41 bits per heavy atom. The fraction of sp³-hybridized carbons (Fsp3) is 0.316. The molecule has 6 nitrogen and oxygen atoms in total. The van der Waals surface area contributed by atoms with E-state index in [1.54, 1.807) is 18.2 Å². The molecule has 10 heteroatoms. The van der Waals surface area contributed by atoms with Crippen LogP contribution >= 0.6 is 0 Å². The molecule has 0 radical (unpaired) electrons. The lowest BCUT2D eigenvalue weighted by atomic mass is 10.1. The van der Waals surface area contributed by atoms with E-state index in [-0.39, 0.29) is 18.0 Å². The van der Waals surface area contributed by atoms with Gasteiger partial charge >= 0.3 is 12.1 Å². The number of nitrogens with one attached hydrogen (secondary N) is 1. The highest BCUT2D eigenvalue weighted by Crippen LogP contribution is 2.29. The van der Waals surface area contributed by atoms with Gasteiger partial charge in [-0.2, -0.15) is 13.2 Å². The number of hydrogen-bond acceptors (Lipinski definition) is 5. The van der Waals surface area contributed by atoms with Crippen molar-refractivity contribution in [3.05, 3.63) is 59.7 Å². The molecule has 158 valence electrons. The van der Waals surface area contributed by atoms with Gasteiger partial charge in [-0.3, -0.25) is 0 Å². The highest BCUT2D eigenvalue weighted by Gasteiger charge is 2.30. The number of benzene rings is 2. The first kappa shape index (κ1) is 22.7. The number of carbonyl (C=O) groups excluding carboxylic acids is 1. The quantitative estimate of drug-likeness (QED) is 0.487. The Bertz CT molecular complexity index is 928. The number of aryl methyl sites for hydroxylation is 1. The largest absolute Gasteiger partial charge is 0.482 e. The summed E-state index contributed by atoms with van der Waals surface area (Å²) in [6.07, 6.45) is -3.53. The summed E-state index contributed by atoms with van der Waals surface area (Å²) in [5.74, 6) is -0.0219. The van der Waals surface area contributed by atoms with Crippen LogP contribution in [0.2, 0.25) is 0 Å². The van der Waals surface area contributed by atoms with E-state index in [0.29, 0.717) is 18.6 Å². The average Bonchev–Trinajstić information content (AvgIpc) is 2.69. The van der Waals surface area contributed by atoms with Crippen LogP contribution < -0.4 is 9.46 Å². The summed E-state index contributed by atoms with van der Waals surface area (Å²) >= 11 is 0. The molecular weight excluding hydrogens is 411 g/mol. The van der Waals surface area contributed by atoms with Crippen molar-refractivity contribution in [1.82, 2.24) is 4.72 Å². The first-order valence-electron chi connectivity index (χ1n) is 8.57. The minimum absolute atomic E-state index is 0.108. The molecule has 1 N–H and O–H groups in total. The van der Waals surface area contributed by atoms with Gasteiger partial charge in [0.1, 0.15) is 5.75 Å². The van der Waals surface area contributed by atoms with Crippen molar-refractivity contribution in [2.75, 3.05) is 20.3 Å². The van der Waals surface area contributed by atoms with Crippen molar-refractivity contribution in [3.8, 4) is 5.75 Å². The van der Waals surface area contributed by atoms with Gasteiger partial charge in [-0.05, 0) is 54.8 Å². The molecule has 2 aromatic carbocycles. The van der Waals surface area contributed by atoms with Crippen LogP contribution in [0.15, 0.2) is 53.4 Å². The van der Waals surface area contributed by atoms with Crippen molar-refractivity contribution in [2.45, 2.75) is 23.9 Å². The number of carbonyl (C=O) groups is 1. The van der Waals surface area contributed by atoms with Crippen LogP contribution in [0.3, 0.4) is 0 Å². The Labute approximate surface area is 166 Å². The maximum absolute atomic E-state index is 12.6. The third-order valence-electron chi connectivity index (χ3n) is 3.91. The fourth-order valence-electron chi connectivity index (χ4n) is 2.40.